The Morgan fingerprint density at radius 3 is 2.71 bits per heavy atom. The molecule has 0 radical (unpaired) electrons. The topological polar surface area (TPSA) is 83.0 Å². The fraction of sp³-hybridized carbons (Fsp3) is 0.438. The van der Waals surface area contributed by atoms with E-state index in [2.05, 4.69) is 4.98 Å². The van der Waals surface area contributed by atoms with Gasteiger partial charge in [-0.25, -0.2) is 0 Å². The fourth-order valence-corrected chi connectivity index (χ4v) is 2.10. The number of H-pyrrole nitrogens is 1. The lowest BCUT2D eigenvalue weighted by Gasteiger charge is -2.10. The lowest BCUT2D eigenvalue weighted by atomic mass is 9.99. The van der Waals surface area contributed by atoms with Crippen LogP contribution in [0.5, 0.6) is 0 Å². The summed E-state index contributed by atoms with van der Waals surface area (Å²) in [5, 5.41) is 8.99. The minimum absolute atomic E-state index is 0.106. The molecule has 112 valence electrons. The Bertz CT molecular complexity index is 636. The van der Waals surface area contributed by atoms with Crippen molar-refractivity contribution < 1.29 is 9.53 Å². The zero-order valence-corrected chi connectivity index (χ0v) is 12.7. The van der Waals surface area contributed by atoms with Gasteiger partial charge in [0, 0.05) is 12.1 Å². The number of aromatic nitrogens is 1. The third-order valence-electron chi connectivity index (χ3n) is 3.24. The van der Waals surface area contributed by atoms with Crippen LogP contribution in [0.4, 0.5) is 0 Å². The maximum Gasteiger partial charge on any atom is 0.306 e. The first-order valence-corrected chi connectivity index (χ1v) is 6.94. The van der Waals surface area contributed by atoms with Gasteiger partial charge >= 0.3 is 5.97 Å². The molecule has 0 saturated carbocycles. The Morgan fingerprint density at radius 2 is 2.10 bits per heavy atom. The number of hydrogen-bond donors (Lipinski definition) is 1. The van der Waals surface area contributed by atoms with Crippen LogP contribution in [0.15, 0.2) is 16.9 Å². The summed E-state index contributed by atoms with van der Waals surface area (Å²) in [5.41, 5.74) is 1.87. The number of carbonyl (C=O) groups excluding carboxylic acids is 1. The maximum absolute atomic E-state index is 11.6. The third kappa shape index (κ3) is 4.60. The number of nitriles is 1. The van der Waals surface area contributed by atoms with Crippen LogP contribution < -0.4 is 5.56 Å². The average Bonchev–Trinajstić information content (AvgIpc) is 2.43. The number of ether oxygens (including phenoxy) is 1. The van der Waals surface area contributed by atoms with E-state index >= 15 is 0 Å². The maximum atomic E-state index is 11.6. The van der Waals surface area contributed by atoms with Crippen LogP contribution in [0, 0.1) is 25.2 Å². The van der Waals surface area contributed by atoms with Crippen LogP contribution in [0.3, 0.4) is 0 Å². The number of hydrogen-bond acceptors (Lipinski definition) is 4. The Labute approximate surface area is 124 Å². The molecule has 1 N–H and O–H groups in total. The molecule has 0 aliphatic carbocycles. The number of carbonyl (C=O) groups is 1. The molecular weight excluding hydrogens is 268 g/mol. The van der Waals surface area contributed by atoms with Crippen LogP contribution in [0.2, 0.25) is 0 Å². The first-order chi connectivity index (χ1) is 10.0. The minimum Gasteiger partial charge on any atom is -0.461 e. The lowest BCUT2D eigenvalue weighted by Crippen LogP contribution is -2.17. The number of nitrogens with one attached hydrogen (secondary N) is 1. The van der Waals surface area contributed by atoms with Crippen molar-refractivity contribution in [2.75, 3.05) is 6.61 Å². The Kier molecular flexibility index (Phi) is 6.41. The van der Waals surface area contributed by atoms with Crippen LogP contribution in [0.1, 0.15) is 42.1 Å². The third-order valence-corrected chi connectivity index (χ3v) is 3.24. The smallest absolute Gasteiger partial charge is 0.306 e. The molecule has 1 aromatic heterocycles. The van der Waals surface area contributed by atoms with Gasteiger partial charge in [-0.3, -0.25) is 9.59 Å². The van der Waals surface area contributed by atoms with E-state index in [4.69, 9.17) is 10.00 Å². The van der Waals surface area contributed by atoms with E-state index in [1.807, 2.05) is 25.1 Å². The number of aryl methyl sites for hydroxylation is 1. The van der Waals surface area contributed by atoms with Crippen molar-refractivity contribution in [1.29, 1.82) is 5.26 Å². The van der Waals surface area contributed by atoms with Crippen LogP contribution in [-0.4, -0.2) is 17.6 Å². The standard InChI is InChI=1S/C16H20N2O3/c1-4-5-6-9-21-15(19)8-7-13-11(2)14(10-17)16(20)18-12(13)3/h5-6H,4,7-9H2,1-3H3,(H,18,20)/b6-5+. The molecule has 5 heteroatoms. The van der Waals surface area contributed by atoms with Gasteiger partial charge in [0.05, 0.1) is 0 Å². The minimum atomic E-state index is -0.386. The number of allylic oxidation sites excluding steroid dienone is 1. The van der Waals surface area contributed by atoms with Crippen LogP contribution in [-0.2, 0) is 16.0 Å². The van der Waals surface area contributed by atoms with E-state index in [1.165, 1.54) is 0 Å². The highest BCUT2D eigenvalue weighted by atomic mass is 16.5. The summed E-state index contributed by atoms with van der Waals surface area (Å²) in [5.74, 6) is -0.292. The number of nitrogens with zero attached hydrogens (tertiary/aromatic N) is 1. The van der Waals surface area contributed by atoms with Crippen molar-refractivity contribution in [3.63, 3.8) is 0 Å². The second kappa shape index (κ2) is 8.05. The number of rotatable bonds is 6. The van der Waals surface area contributed by atoms with E-state index in [1.54, 1.807) is 13.8 Å². The SMILES string of the molecule is CC/C=C/COC(=O)CCc1c(C)[nH]c(=O)c(C#N)c1C. The molecule has 0 aromatic carbocycles. The number of pyridine rings is 1. The predicted molar refractivity (Wildman–Crippen MR) is 80.0 cm³/mol. The fourth-order valence-electron chi connectivity index (χ4n) is 2.10. The molecule has 0 spiro atoms. The van der Waals surface area contributed by atoms with Crippen molar-refractivity contribution in [2.24, 2.45) is 0 Å². The normalized spacial score (nSPS) is 10.6. The van der Waals surface area contributed by atoms with E-state index < -0.39 is 0 Å². The first kappa shape index (κ1) is 16.7. The number of aromatic amines is 1. The molecule has 0 amide bonds. The predicted octanol–water partition coefficient (Wildman–Crippen LogP) is 2.31. The van der Waals surface area contributed by atoms with E-state index in [9.17, 15) is 9.59 Å². The molecule has 1 heterocycles. The molecule has 0 aliphatic rings. The molecule has 0 bridgehead atoms. The summed E-state index contributed by atoms with van der Waals surface area (Å²) in [6.45, 7) is 5.78. The van der Waals surface area contributed by atoms with Gasteiger partial charge < -0.3 is 9.72 Å². The lowest BCUT2D eigenvalue weighted by molar-refractivity contribution is -0.142. The molecule has 0 unspecified atom stereocenters. The van der Waals surface area contributed by atoms with Crippen molar-refractivity contribution in [3.05, 3.63) is 44.9 Å². The second-order valence-electron chi connectivity index (χ2n) is 4.73. The Balaban J connectivity index is 2.72. The average molecular weight is 288 g/mol. The van der Waals surface area contributed by atoms with Crippen molar-refractivity contribution in [2.45, 2.75) is 40.0 Å². The molecule has 0 fully saturated rings. The molecule has 1 aromatic rings. The van der Waals surface area contributed by atoms with Gasteiger partial charge in [0.15, 0.2) is 0 Å². The van der Waals surface area contributed by atoms with Gasteiger partial charge in [0.25, 0.3) is 5.56 Å². The van der Waals surface area contributed by atoms with Crippen LogP contribution in [0.25, 0.3) is 0 Å². The van der Waals surface area contributed by atoms with Gasteiger partial charge in [-0.1, -0.05) is 19.1 Å². The van der Waals surface area contributed by atoms with Crippen LogP contribution >= 0.6 is 0 Å². The highest BCUT2D eigenvalue weighted by Crippen LogP contribution is 2.15. The highest BCUT2D eigenvalue weighted by molar-refractivity contribution is 5.70. The van der Waals surface area contributed by atoms with Gasteiger partial charge in [-0.15, -0.1) is 0 Å². The molecule has 0 aliphatic heterocycles. The first-order valence-electron chi connectivity index (χ1n) is 6.94. The van der Waals surface area contributed by atoms with E-state index in [-0.39, 0.29) is 30.1 Å². The molecule has 5 nitrogen and oxygen atoms in total. The number of esters is 1. The van der Waals surface area contributed by atoms with Gasteiger partial charge in [-0.05, 0) is 37.8 Å². The van der Waals surface area contributed by atoms with Gasteiger partial charge in [-0.2, -0.15) is 5.26 Å². The summed E-state index contributed by atoms with van der Waals surface area (Å²) in [6.07, 6.45) is 5.31. The molecule has 1 rings (SSSR count). The van der Waals surface area contributed by atoms with Crippen molar-refractivity contribution in [1.82, 2.24) is 4.98 Å². The van der Waals surface area contributed by atoms with E-state index in [0.29, 0.717) is 17.7 Å². The quantitative estimate of drug-likeness (QED) is 0.643. The zero-order chi connectivity index (χ0) is 15.8. The molecule has 0 saturated heterocycles. The Hall–Kier alpha value is -2.35. The molecule has 0 atom stereocenters. The van der Waals surface area contributed by atoms with Gasteiger partial charge in [0.2, 0.25) is 0 Å². The monoisotopic (exact) mass is 288 g/mol. The highest BCUT2D eigenvalue weighted by Gasteiger charge is 2.13. The summed E-state index contributed by atoms with van der Waals surface area (Å²) < 4.78 is 5.06. The second-order valence-corrected chi connectivity index (χ2v) is 4.73. The summed E-state index contributed by atoms with van der Waals surface area (Å²) >= 11 is 0. The molecular formula is C16H20N2O3. The summed E-state index contributed by atoms with van der Waals surface area (Å²) in [6, 6.07) is 1.90. The Morgan fingerprint density at radius 1 is 1.38 bits per heavy atom. The van der Waals surface area contributed by atoms with E-state index in [0.717, 1.165) is 12.0 Å². The van der Waals surface area contributed by atoms with Crippen molar-refractivity contribution >= 4 is 5.97 Å². The van der Waals surface area contributed by atoms with Crippen molar-refractivity contribution in [3.8, 4) is 6.07 Å². The largest absolute Gasteiger partial charge is 0.461 e. The molecule has 21 heavy (non-hydrogen) atoms. The summed E-state index contributed by atoms with van der Waals surface area (Å²) in [4.78, 5) is 25.9. The zero-order valence-electron chi connectivity index (χ0n) is 12.7. The van der Waals surface area contributed by atoms with Gasteiger partial charge in [0.1, 0.15) is 18.2 Å². The summed E-state index contributed by atoms with van der Waals surface area (Å²) in [7, 11) is 0.